The maximum Gasteiger partial charge on any atom is 0.371 e. The number of carbonyl (C=O) groups is 3. The minimum absolute atomic E-state index is 0.136. The Kier molecular flexibility index (Phi) is 3.55. The van der Waals surface area contributed by atoms with Gasteiger partial charge in [-0.1, -0.05) is 0 Å². The van der Waals surface area contributed by atoms with Crippen molar-refractivity contribution < 1.29 is 23.9 Å². The third-order valence-corrected chi connectivity index (χ3v) is 2.71. The quantitative estimate of drug-likeness (QED) is 0.713. The van der Waals surface area contributed by atoms with Gasteiger partial charge in [0.2, 0.25) is 11.7 Å². The molecule has 1 aliphatic rings. The standard InChI is InChI=1S/C12H14N2O5/c1-6(10(15)14-7-2-3-7)13-11(16)8-4-5-9(19-8)12(17)18/h4-7H,2-3H2,1H3,(H,13,16)(H,14,15)(H,17,18). The third kappa shape index (κ3) is 3.34. The topological polar surface area (TPSA) is 109 Å². The minimum Gasteiger partial charge on any atom is -0.475 e. The molecule has 7 nitrogen and oxygen atoms in total. The number of carboxylic acids is 1. The highest BCUT2D eigenvalue weighted by Gasteiger charge is 2.27. The molecule has 19 heavy (non-hydrogen) atoms. The van der Waals surface area contributed by atoms with E-state index < -0.39 is 17.9 Å². The van der Waals surface area contributed by atoms with Crippen molar-refractivity contribution in [3.05, 3.63) is 23.7 Å². The van der Waals surface area contributed by atoms with Crippen molar-refractivity contribution in [1.82, 2.24) is 10.6 Å². The fraction of sp³-hybridized carbons (Fsp3) is 0.417. The number of carbonyl (C=O) groups excluding carboxylic acids is 2. The molecule has 7 heteroatoms. The van der Waals surface area contributed by atoms with Gasteiger partial charge in [0.15, 0.2) is 5.76 Å². The number of furan rings is 1. The van der Waals surface area contributed by atoms with Gasteiger partial charge in [0.1, 0.15) is 6.04 Å². The van der Waals surface area contributed by atoms with E-state index in [0.29, 0.717) is 0 Å². The first-order valence-electron chi connectivity index (χ1n) is 5.91. The van der Waals surface area contributed by atoms with E-state index in [1.807, 2.05) is 0 Å². The molecule has 1 saturated carbocycles. The van der Waals surface area contributed by atoms with Gasteiger partial charge in [-0.25, -0.2) is 4.79 Å². The molecule has 0 radical (unpaired) electrons. The summed E-state index contributed by atoms with van der Waals surface area (Å²) >= 11 is 0. The van der Waals surface area contributed by atoms with Crippen molar-refractivity contribution in [2.45, 2.75) is 31.8 Å². The van der Waals surface area contributed by atoms with Gasteiger partial charge in [-0.05, 0) is 31.9 Å². The SMILES string of the molecule is CC(NC(=O)c1ccc(C(=O)O)o1)C(=O)NC1CC1. The predicted octanol–water partition coefficient (Wildman–Crippen LogP) is 0.375. The molecule has 0 aliphatic heterocycles. The summed E-state index contributed by atoms with van der Waals surface area (Å²) in [4.78, 5) is 33.9. The lowest BCUT2D eigenvalue weighted by atomic mass is 10.3. The normalized spacial score (nSPS) is 15.6. The second-order valence-electron chi connectivity index (χ2n) is 4.45. The van der Waals surface area contributed by atoms with Crippen LogP contribution in [0.15, 0.2) is 16.5 Å². The molecule has 1 aromatic rings. The molecular formula is C12H14N2O5. The molecule has 1 fully saturated rings. The summed E-state index contributed by atoms with van der Waals surface area (Å²) in [6.45, 7) is 1.55. The van der Waals surface area contributed by atoms with Crippen LogP contribution >= 0.6 is 0 Å². The largest absolute Gasteiger partial charge is 0.475 e. The molecule has 3 N–H and O–H groups in total. The van der Waals surface area contributed by atoms with E-state index >= 15 is 0 Å². The zero-order valence-corrected chi connectivity index (χ0v) is 10.3. The molecule has 0 saturated heterocycles. The monoisotopic (exact) mass is 266 g/mol. The molecule has 1 heterocycles. The van der Waals surface area contributed by atoms with Crippen molar-refractivity contribution in [3.8, 4) is 0 Å². The van der Waals surface area contributed by atoms with E-state index in [1.54, 1.807) is 6.92 Å². The summed E-state index contributed by atoms with van der Waals surface area (Å²) in [6, 6.07) is 1.96. The highest BCUT2D eigenvalue weighted by Crippen LogP contribution is 2.18. The van der Waals surface area contributed by atoms with Crippen molar-refractivity contribution in [3.63, 3.8) is 0 Å². The maximum absolute atomic E-state index is 11.7. The van der Waals surface area contributed by atoms with Crippen LogP contribution < -0.4 is 10.6 Å². The summed E-state index contributed by atoms with van der Waals surface area (Å²) in [5.41, 5.74) is 0. The second kappa shape index (κ2) is 5.13. The number of carboxylic acid groups (broad SMARTS) is 1. The predicted molar refractivity (Wildman–Crippen MR) is 63.8 cm³/mol. The first-order chi connectivity index (χ1) is 8.97. The number of hydrogen-bond acceptors (Lipinski definition) is 4. The van der Waals surface area contributed by atoms with Gasteiger partial charge in [0.25, 0.3) is 5.91 Å². The molecule has 2 amide bonds. The summed E-state index contributed by atoms with van der Waals surface area (Å²) in [7, 11) is 0. The fourth-order valence-electron chi connectivity index (χ4n) is 1.46. The molecule has 1 aliphatic carbocycles. The second-order valence-corrected chi connectivity index (χ2v) is 4.45. The highest BCUT2D eigenvalue weighted by atomic mass is 16.4. The van der Waals surface area contributed by atoms with Crippen LogP contribution in [0.25, 0.3) is 0 Å². The molecule has 102 valence electrons. The number of nitrogens with one attached hydrogen (secondary N) is 2. The number of amides is 2. The van der Waals surface area contributed by atoms with E-state index in [4.69, 9.17) is 9.52 Å². The van der Waals surface area contributed by atoms with Gasteiger partial charge in [0.05, 0.1) is 0 Å². The summed E-state index contributed by atoms with van der Waals surface area (Å²) in [6.07, 6.45) is 1.93. The van der Waals surface area contributed by atoms with E-state index in [2.05, 4.69) is 10.6 Å². The number of hydrogen-bond donors (Lipinski definition) is 3. The molecule has 0 spiro atoms. The summed E-state index contributed by atoms with van der Waals surface area (Å²) in [5.74, 6) is -2.59. The van der Waals surface area contributed by atoms with E-state index in [0.717, 1.165) is 12.8 Å². The van der Waals surface area contributed by atoms with Crippen LogP contribution in [0.5, 0.6) is 0 Å². The average Bonchev–Trinajstić information content (AvgIpc) is 3.01. The Morgan fingerprint density at radius 1 is 1.32 bits per heavy atom. The van der Waals surface area contributed by atoms with Crippen LogP contribution in [0.1, 0.15) is 40.9 Å². The highest BCUT2D eigenvalue weighted by molar-refractivity contribution is 5.96. The lowest BCUT2D eigenvalue weighted by Crippen LogP contribution is -2.45. The van der Waals surface area contributed by atoms with Gasteiger partial charge < -0.3 is 20.2 Å². The van der Waals surface area contributed by atoms with Gasteiger partial charge in [-0.3, -0.25) is 9.59 Å². The Labute approximate surface area is 109 Å². The van der Waals surface area contributed by atoms with E-state index in [9.17, 15) is 14.4 Å². The van der Waals surface area contributed by atoms with Crippen LogP contribution in [-0.4, -0.2) is 35.0 Å². The Morgan fingerprint density at radius 2 is 1.95 bits per heavy atom. The Hall–Kier alpha value is -2.31. The van der Waals surface area contributed by atoms with Crippen LogP contribution in [0, 0.1) is 0 Å². The van der Waals surface area contributed by atoms with E-state index in [-0.39, 0.29) is 23.5 Å². The van der Waals surface area contributed by atoms with Crippen LogP contribution in [-0.2, 0) is 4.79 Å². The van der Waals surface area contributed by atoms with Crippen LogP contribution in [0.3, 0.4) is 0 Å². The van der Waals surface area contributed by atoms with Gasteiger partial charge in [-0.2, -0.15) is 0 Å². The molecule has 0 aromatic carbocycles. The number of aromatic carboxylic acids is 1. The molecular weight excluding hydrogens is 252 g/mol. The van der Waals surface area contributed by atoms with Crippen molar-refractivity contribution in [1.29, 1.82) is 0 Å². The van der Waals surface area contributed by atoms with Crippen molar-refractivity contribution in [2.24, 2.45) is 0 Å². The van der Waals surface area contributed by atoms with Crippen molar-refractivity contribution >= 4 is 17.8 Å². The smallest absolute Gasteiger partial charge is 0.371 e. The Morgan fingerprint density at radius 3 is 2.47 bits per heavy atom. The zero-order chi connectivity index (χ0) is 14.0. The van der Waals surface area contributed by atoms with Crippen LogP contribution in [0.4, 0.5) is 0 Å². The zero-order valence-electron chi connectivity index (χ0n) is 10.3. The molecule has 1 aromatic heterocycles. The molecule has 1 atom stereocenters. The van der Waals surface area contributed by atoms with Gasteiger partial charge in [-0.15, -0.1) is 0 Å². The fourth-order valence-corrected chi connectivity index (χ4v) is 1.46. The maximum atomic E-state index is 11.7. The average molecular weight is 266 g/mol. The minimum atomic E-state index is -1.25. The van der Waals surface area contributed by atoms with Crippen LogP contribution in [0.2, 0.25) is 0 Å². The molecule has 0 bridgehead atoms. The third-order valence-electron chi connectivity index (χ3n) is 2.71. The van der Waals surface area contributed by atoms with E-state index in [1.165, 1.54) is 12.1 Å². The van der Waals surface area contributed by atoms with Gasteiger partial charge in [0, 0.05) is 6.04 Å². The molecule has 2 rings (SSSR count). The molecule has 1 unspecified atom stereocenters. The summed E-state index contributed by atoms with van der Waals surface area (Å²) < 4.78 is 4.84. The van der Waals surface area contributed by atoms with Gasteiger partial charge >= 0.3 is 5.97 Å². The van der Waals surface area contributed by atoms with Crippen molar-refractivity contribution in [2.75, 3.05) is 0 Å². The lowest BCUT2D eigenvalue weighted by molar-refractivity contribution is -0.122. The Balaban J connectivity index is 1.91. The lowest BCUT2D eigenvalue weighted by Gasteiger charge is -2.12. The first-order valence-corrected chi connectivity index (χ1v) is 5.91. The summed E-state index contributed by atoms with van der Waals surface area (Å²) in [5, 5.41) is 13.9. The number of rotatable bonds is 5. The Bertz CT molecular complexity index is 518. The first kappa shape index (κ1) is 13.1.